The van der Waals surface area contributed by atoms with Gasteiger partial charge in [-0.05, 0) is 70.9 Å². The van der Waals surface area contributed by atoms with Gasteiger partial charge in [-0.1, -0.05) is 15.9 Å². The predicted molar refractivity (Wildman–Crippen MR) is 115 cm³/mol. The van der Waals surface area contributed by atoms with Crippen LogP contribution in [0.25, 0.3) is 5.69 Å². The zero-order valence-corrected chi connectivity index (χ0v) is 18.5. The monoisotopic (exact) mass is 445 g/mol. The molecule has 0 bridgehead atoms. The molecule has 6 heteroatoms. The molecule has 28 heavy (non-hydrogen) atoms. The third-order valence-corrected chi connectivity index (χ3v) is 5.86. The molecule has 1 saturated heterocycles. The minimum absolute atomic E-state index is 0.00152. The highest BCUT2D eigenvalue weighted by Gasteiger charge is 2.29. The number of aryl methyl sites for hydroxylation is 1. The fourth-order valence-electron chi connectivity index (χ4n) is 3.88. The van der Waals surface area contributed by atoms with Crippen LogP contribution in [0.15, 0.2) is 34.8 Å². The summed E-state index contributed by atoms with van der Waals surface area (Å²) in [6.45, 7) is 9.20. The number of nitrogens with one attached hydrogen (secondary N) is 1. The lowest BCUT2D eigenvalue weighted by atomic mass is 9.95. The van der Waals surface area contributed by atoms with E-state index in [9.17, 15) is 9.59 Å². The molecule has 5 nitrogen and oxygen atoms in total. The number of carbonyl (C=O) groups excluding carboxylic acids is 2. The van der Waals surface area contributed by atoms with Crippen molar-refractivity contribution in [2.45, 2.75) is 46.6 Å². The van der Waals surface area contributed by atoms with Gasteiger partial charge in [0.15, 0.2) is 0 Å². The van der Waals surface area contributed by atoms with Crippen LogP contribution in [0.4, 0.5) is 0 Å². The first-order valence-electron chi connectivity index (χ1n) is 9.82. The number of benzene rings is 1. The first kappa shape index (κ1) is 20.6. The number of rotatable bonds is 4. The molecule has 0 radical (unpaired) electrons. The van der Waals surface area contributed by atoms with Crippen LogP contribution >= 0.6 is 15.9 Å². The lowest BCUT2D eigenvalue weighted by molar-refractivity contribution is -0.126. The zero-order chi connectivity index (χ0) is 20.4. The van der Waals surface area contributed by atoms with E-state index in [1.807, 2.05) is 62.9 Å². The Kier molecular flexibility index (Phi) is 6.28. The predicted octanol–water partition coefficient (Wildman–Crippen LogP) is 4.23. The molecule has 1 fully saturated rings. The maximum absolute atomic E-state index is 13.1. The molecule has 0 aliphatic carbocycles. The van der Waals surface area contributed by atoms with E-state index in [0.717, 1.165) is 40.0 Å². The van der Waals surface area contributed by atoms with E-state index < -0.39 is 0 Å². The summed E-state index contributed by atoms with van der Waals surface area (Å²) in [5.74, 6) is 0.163. The van der Waals surface area contributed by atoms with Gasteiger partial charge in [-0.3, -0.25) is 9.59 Å². The number of carbonyl (C=O) groups is 2. The van der Waals surface area contributed by atoms with E-state index in [1.165, 1.54) is 0 Å². The number of hydrogen-bond acceptors (Lipinski definition) is 2. The van der Waals surface area contributed by atoms with E-state index >= 15 is 0 Å². The molecule has 2 amide bonds. The van der Waals surface area contributed by atoms with Gasteiger partial charge in [0.25, 0.3) is 5.91 Å². The van der Waals surface area contributed by atoms with Crippen LogP contribution in [-0.2, 0) is 4.79 Å². The molecule has 0 spiro atoms. The summed E-state index contributed by atoms with van der Waals surface area (Å²) in [5, 5.41) is 2.98. The van der Waals surface area contributed by atoms with E-state index in [4.69, 9.17) is 0 Å². The quantitative estimate of drug-likeness (QED) is 0.764. The van der Waals surface area contributed by atoms with Crippen molar-refractivity contribution >= 4 is 27.7 Å². The summed E-state index contributed by atoms with van der Waals surface area (Å²) in [4.78, 5) is 27.2. The van der Waals surface area contributed by atoms with Crippen molar-refractivity contribution in [3.05, 3.63) is 51.8 Å². The summed E-state index contributed by atoms with van der Waals surface area (Å²) < 4.78 is 3.14. The summed E-state index contributed by atoms with van der Waals surface area (Å²) in [7, 11) is 0. The van der Waals surface area contributed by atoms with Crippen LogP contribution in [0.1, 0.15) is 48.4 Å². The number of nitrogens with zero attached hydrogens (tertiary/aromatic N) is 2. The van der Waals surface area contributed by atoms with Gasteiger partial charge in [0.05, 0.1) is 5.56 Å². The molecule has 2 heterocycles. The van der Waals surface area contributed by atoms with Gasteiger partial charge in [-0.15, -0.1) is 0 Å². The number of halogens is 1. The highest BCUT2D eigenvalue weighted by molar-refractivity contribution is 9.10. The van der Waals surface area contributed by atoms with Crippen molar-refractivity contribution < 1.29 is 9.59 Å². The topological polar surface area (TPSA) is 54.3 Å². The second-order valence-electron chi connectivity index (χ2n) is 7.83. The molecule has 150 valence electrons. The van der Waals surface area contributed by atoms with Crippen molar-refractivity contribution in [2.75, 3.05) is 13.1 Å². The number of piperidine rings is 1. The standard InChI is InChI=1S/C22H28BrN3O2/c1-14(2)24-21(27)17-9-11-25(12-10-17)22(28)20-13-15(3)26(16(20)4)19-7-5-18(23)6-8-19/h5-8,13-14,17H,9-12H2,1-4H3,(H,24,27). The van der Waals surface area contributed by atoms with Crippen LogP contribution in [0.3, 0.4) is 0 Å². The largest absolute Gasteiger partial charge is 0.354 e. The Hall–Kier alpha value is -2.08. The smallest absolute Gasteiger partial charge is 0.255 e. The Morgan fingerprint density at radius 3 is 2.29 bits per heavy atom. The molecular weight excluding hydrogens is 418 g/mol. The van der Waals surface area contributed by atoms with Crippen molar-refractivity contribution in [3.8, 4) is 5.69 Å². The summed E-state index contributed by atoms with van der Waals surface area (Å²) in [6, 6.07) is 10.2. The molecule has 1 aliphatic heterocycles. The van der Waals surface area contributed by atoms with Gasteiger partial charge < -0.3 is 14.8 Å². The van der Waals surface area contributed by atoms with Gasteiger partial charge in [0.1, 0.15) is 0 Å². The highest BCUT2D eigenvalue weighted by atomic mass is 79.9. The second kappa shape index (κ2) is 8.52. The molecule has 2 aromatic rings. The summed E-state index contributed by atoms with van der Waals surface area (Å²) in [5.41, 5.74) is 3.77. The Bertz CT molecular complexity index is 863. The average Bonchev–Trinajstić information content (AvgIpc) is 2.96. The maximum atomic E-state index is 13.1. The van der Waals surface area contributed by atoms with Crippen LogP contribution < -0.4 is 5.32 Å². The first-order valence-corrected chi connectivity index (χ1v) is 10.6. The van der Waals surface area contributed by atoms with Gasteiger partial charge >= 0.3 is 0 Å². The fourth-order valence-corrected chi connectivity index (χ4v) is 4.15. The highest BCUT2D eigenvalue weighted by Crippen LogP contribution is 2.25. The van der Waals surface area contributed by atoms with Crippen LogP contribution in [-0.4, -0.2) is 40.4 Å². The molecule has 0 unspecified atom stereocenters. The fraction of sp³-hybridized carbons (Fsp3) is 0.455. The molecule has 0 atom stereocenters. The average molecular weight is 446 g/mol. The van der Waals surface area contributed by atoms with Crippen molar-refractivity contribution in [2.24, 2.45) is 5.92 Å². The van der Waals surface area contributed by atoms with E-state index in [1.54, 1.807) is 0 Å². The third kappa shape index (κ3) is 4.32. The van der Waals surface area contributed by atoms with Crippen LogP contribution in [0.5, 0.6) is 0 Å². The van der Waals surface area contributed by atoms with Gasteiger partial charge in [-0.25, -0.2) is 0 Å². The minimum Gasteiger partial charge on any atom is -0.354 e. The zero-order valence-electron chi connectivity index (χ0n) is 17.0. The normalized spacial score (nSPS) is 15.1. The van der Waals surface area contributed by atoms with E-state index in [-0.39, 0.29) is 23.8 Å². The van der Waals surface area contributed by atoms with E-state index in [0.29, 0.717) is 13.1 Å². The lowest BCUT2D eigenvalue weighted by Gasteiger charge is -2.31. The Morgan fingerprint density at radius 2 is 1.71 bits per heavy atom. The Balaban J connectivity index is 1.73. The molecule has 1 aromatic heterocycles. The number of amides is 2. The molecular formula is C22H28BrN3O2. The minimum atomic E-state index is 0.00152. The van der Waals surface area contributed by atoms with Crippen molar-refractivity contribution in [3.63, 3.8) is 0 Å². The Labute approximate surface area is 175 Å². The maximum Gasteiger partial charge on any atom is 0.255 e. The first-order chi connectivity index (χ1) is 13.3. The second-order valence-corrected chi connectivity index (χ2v) is 8.74. The summed E-state index contributed by atoms with van der Waals surface area (Å²) in [6.07, 6.45) is 1.44. The van der Waals surface area contributed by atoms with Crippen LogP contribution in [0.2, 0.25) is 0 Å². The van der Waals surface area contributed by atoms with Crippen LogP contribution in [0, 0.1) is 19.8 Å². The third-order valence-electron chi connectivity index (χ3n) is 5.33. The molecule has 1 aromatic carbocycles. The van der Waals surface area contributed by atoms with Gasteiger partial charge in [-0.2, -0.15) is 0 Å². The molecule has 1 aliphatic rings. The number of aromatic nitrogens is 1. The van der Waals surface area contributed by atoms with Crippen molar-refractivity contribution in [1.29, 1.82) is 0 Å². The molecule has 1 N–H and O–H groups in total. The molecule has 3 rings (SSSR count). The van der Waals surface area contributed by atoms with E-state index in [2.05, 4.69) is 25.8 Å². The number of hydrogen-bond donors (Lipinski definition) is 1. The lowest BCUT2D eigenvalue weighted by Crippen LogP contribution is -2.44. The number of likely N-dealkylation sites (tertiary alicyclic amines) is 1. The van der Waals surface area contributed by atoms with Gasteiger partial charge in [0, 0.05) is 46.6 Å². The van der Waals surface area contributed by atoms with Gasteiger partial charge in [0.2, 0.25) is 5.91 Å². The van der Waals surface area contributed by atoms with Crippen molar-refractivity contribution in [1.82, 2.24) is 14.8 Å². The summed E-state index contributed by atoms with van der Waals surface area (Å²) >= 11 is 3.46. The SMILES string of the molecule is Cc1cc(C(=O)N2CCC(C(=O)NC(C)C)CC2)c(C)n1-c1ccc(Br)cc1. The molecule has 0 saturated carbocycles. The Morgan fingerprint density at radius 1 is 1.11 bits per heavy atom.